The van der Waals surface area contributed by atoms with Gasteiger partial charge >= 0.3 is 0 Å². The third kappa shape index (κ3) is 4.00. The van der Waals surface area contributed by atoms with Crippen LogP contribution in [0.25, 0.3) is 0 Å². The number of Topliss-reactive ketones (excluding diaryl/α,β-unsaturated/α-hetero) is 1. The number of pyridine rings is 1. The molecule has 0 aromatic carbocycles. The highest BCUT2D eigenvalue weighted by molar-refractivity contribution is 5.95. The van der Waals surface area contributed by atoms with E-state index >= 15 is 0 Å². The topological polar surface area (TPSA) is 33.0 Å². The molecule has 3 heteroatoms. The molecule has 0 fully saturated rings. The van der Waals surface area contributed by atoms with Crippen molar-refractivity contribution in [3.63, 3.8) is 0 Å². The van der Waals surface area contributed by atoms with Gasteiger partial charge in [0.1, 0.15) is 12.7 Å². The van der Waals surface area contributed by atoms with Gasteiger partial charge in [0.25, 0.3) is 0 Å². The fourth-order valence-electron chi connectivity index (χ4n) is 1.16. The highest BCUT2D eigenvalue weighted by Gasteiger charge is 2.10. The van der Waals surface area contributed by atoms with Crippen molar-refractivity contribution in [2.75, 3.05) is 13.6 Å². The van der Waals surface area contributed by atoms with Gasteiger partial charge in [-0.1, -0.05) is 24.8 Å². The Morgan fingerprint density at radius 1 is 1.50 bits per heavy atom. The highest BCUT2D eigenvalue weighted by Crippen LogP contribution is 1.94. The Morgan fingerprint density at radius 3 is 2.94 bits per heavy atom. The second-order valence-corrected chi connectivity index (χ2v) is 3.32. The van der Waals surface area contributed by atoms with Crippen LogP contribution < -0.4 is 0 Å². The van der Waals surface area contributed by atoms with Crippen LogP contribution in [0.5, 0.6) is 0 Å². The zero-order valence-corrected chi connectivity index (χ0v) is 9.34. The van der Waals surface area contributed by atoms with Gasteiger partial charge in [0.15, 0.2) is 6.21 Å². The lowest BCUT2D eigenvalue weighted by Gasteiger charge is -1.96. The van der Waals surface area contributed by atoms with E-state index in [9.17, 15) is 4.79 Å². The largest absolute Gasteiger partial charge is 0.285 e. The lowest BCUT2D eigenvalue weighted by molar-refractivity contribution is -0.477. The van der Waals surface area contributed by atoms with Gasteiger partial charge in [-0.3, -0.25) is 9.78 Å². The summed E-state index contributed by atoms with van der Waals surface area (Å²) in [6.07, 6.45) is 8.77. The monoisotopic (exact) mass is 215 g/mol. The van der Waals surface area contributed by atoms with E-state index in [1.54, 1.807) is 29.0 Å². The molecular weight excluding hydrogens is 200 g/mol. The van der Waals surface area contributed by atoms with Gasteiger partial charge in [-0.2, -0.15) is 0 Å². The first-order valence-corrected chi connectivity index (χ1v) is 5.01. The van der Waals surface area contributed by atoms with E-state index in [-0.39, 0.29) is 5.78 Å². The quantitative estimate of drug-likeness (QED) is 0.324. The second kappa shape index (κ2) is 6.45. The number of likely N-dealkylation sites (N-methyl/N-ethyl adjacent to an activating group) is 1. The molecule has 0 aliphatic carbocycles. The van der Waals surface area contributed by atoms with Crippen molar-refractivity contribution < 1.29 is 9.37 Å². The SMILES string of the molecule is C=C/C=C\C=[N+](C)CC(=O)c1ccccn1. The number of carbonyl (C=O) groups is 1. The molecule has 1 heterocycles. The molecule has 1 aromatic heterocycles. The Hall–Kier alpha value is -2.03. The number of allylic oxidation sites excluding steroid dienone is 3. The first kappa shape index (κ1) is 12.0. The minimum atomic E-state index is 0.00588. The zero-order valence-electron chi connectivity index (χ0n) is 9.34. The lowest BCUT2D eigenvalue weighted by Crippen LogP contribution is -2.18. The predicted molar refractivity (Wildman–Crippen MR) is 65.0 cm³/mol. The molecule has 0 saturated carbocycles. The summed E-state index contributed by atoms with van der Waals surface area (Å²) in [5.74, 6) is 0.00588. The summed E-state index contributed by atoms with van der Waals surface area (Å²) in [4.78, 5) is 15.7. The molecule has 0 unspecified atom stereocenters. The summed E-state index contributed by atoms with van der Waals surface area (Å²) in [6, 6.07) is 5.32. The molecule has 0 aliphatic heterocycles. The zero-order chi connectivity index (χ0) is 11.8. The second-order valence-electron chi connectivity index (χ2n) is 3.32. The molecule has 0 saturated heterocycles. The molecule has 0 N–H and O–H groups in total. The Morgan fingerprint density at radius 2 is 2.31 bits per heavy atom. The third-order valence-corrected chi connectivity index (χ3v) is 1.93. The van der Waals surface area contributed by atoms with Crippen molar-refractivity contribution in [2.24, 2.45) is 0 Å². The standard InChI is InChI=1S/C13H15N2O/c1-3-4-7-10-15(2)11-13(16)12-8-5-6-9-14-12/h3-10H,1,11H2,2H3/q+1/b7-4-,15-10?. The fraction of sp³-hybridized carbons (Fsp3) is 0.154. The van der Waals surface area contributed by atoms with Gasteiger partial charge in [0.2, 0.25) is 12.3 Å². The van der Waals surface area contributed by atoms with Crippen LogP contribution in [0.15, 0.2) is 49.2 Å². The van der Waals surface area contributed by atoms with Gasteiger partial charge in [0.05, 0.1) is 0 Å². The van der Waals surface area contributed by atoms with E-state index < -0.39 is 0 Å². The van der Waals surface area contributed by atoms with Crippen LogP contribution in [0.2, 0.25) is 0 Å². The average molecular weight is 215 g/mol. The molecule has 1 aromatic rings. The summed E-state index contributed by atoms with van der Waals surface area (Å²) < 4.78 is 1.80. The van der Waals surface area contributed by atoms with Crippen molar-refractivity contribution in [3.8, 4) is 0 Å². The smallest absolute Gasteiger partial charge is 0.245 e. The predicted octanol–water partition coefficient (Wildman–Crippen LogP) is 1.72. The summed E-state index contributed by atoms with van der Waals surface area (Å²) in [5, 5.41) is 0. The third-order valence-electron chi connectivity index (χ3n) is 1.93. The first-order valence-electron chi connectivity index (χ1n) is 5.01. The first-order chi connectivity index (χ1) is 7.74. The summed E-state index contributed by atoms with van der Waals surface area (Å²) in [6.45, 7) is 3.88. The molecule has 0 aliphatic rings. The number of ketones is 1. The highest BCUT2D eigenvalue weighted by atomic mass is 16.1. The number of hydrogen-bond acceptors (Lipinski definition) is 2. The van der Waals surface area contributed by atoms with Gasteiger partial charge in [-0.25, -0.2) is 4.58 Å². The van der Waals surface area contributed by atoms with Crippen LogP contribution in [0.4, 0.5) is 0 Å². The van der Waals surface area contributed by atoms with Gasteiger partial charge in [0, 0.05) is 12.3 Å². The molecular formula is C13H15N2O+. The number of nitrogens with zero attached hydrogens (tertiary/aromatic N) is 2. The molecule has 0 radical (unpaired) electrons. The van der Waals surface area contributed by atoms with Crippen LogP contribution >= 0.6 is 0 Å². The molecule has 3 nitrogen and oxygen atoms in total. The van der Waals surface area contributed by atoms with Gasteiger partial charge < -0.3 is 0 Å². The number of carbonyl (C=O) groups excluding carboxylic acids is 1. The maximum Gasteiger partial charge on any atom is 0.245 e. The van der Waals surface area contributed by atoms with Crippen molar-refractivity contribution in [1.82, 2.24) is 4.98 Å². The van der Waals surface area contributed by atoms with E-state index in [1.807, 2.05) is 31.5 Å². The van der Waals surface area contributed by atoms with E-state index in [2.05, 4.69) is 11.6 Å². The average Bonchev–Trinajstić information content (AvgIpc) is 2.30. The van der Waals surface area contributed by atoms with Crippen LogP contribution in [0.1, 0.15) is 10.5 Å². The molecule has 0 atom stereocenters. The van der Waals surface area contributed by atoms with Crippen LogP contribution in [-0.4, -0.2) is 35.1 Å². The molecule has 1 rings (SSSR count). The van der Waals surface area contributed by atoms with Crippen molar-refractivity contribution in [3.05, 3.63) is 54.9 Å². The van der Waals surface area contributed by atoms with E-state index in [0.717, 1.165) is 0 Å². The summed E-state index contributed by atoms with van der Waals surface area (Å²) in [7, 11) is 1.84. The van der Waals surface area contributed by atoms with Crippen LogP contribution in [0, 0.1) is 0 Å². The number of aromatic nitrogens is 1. The minimum Gasteiger partial charge on any atom is -0.285 e. The molecule has 16 heavy (non-hydrogen) atoms. The maximum absolute atomic E-state index is 11.7. The van der Waals surface area contributed by atoms with Crippen LogP contribution in [0.3, 0.4) is 0 Å². The molecule has 0 bridgehead atoms. The normalized spacial score (nSPS) is 11.7. The molecule has 0 amide bonds. The molecule has 82 valence electrons. The van der Waals surface area contributed by atoms with Crippen molar-refractivity contribution >= 4 is 12.0 Å². The fourth-order valence-corrected chi connectivity index (χ4v) is 1.16. The van der Waals surface area contributed by atoms with Gasteiger partial charge in [-0.15, -0.1) is 0 Å². The Balaban J connectivity index is 2.62. The van der Waals surface area contributed by atoms with E-state index in [0.29, 0.717) is 12.2 Å². The summed E-state index contributed by atoms with van der Waals surface area (Å²) >= 11 is 0. The number of rotatable bonds is 5. The van der Waals surface area contributed by atoms with Gasteiger partial charge in [-0.05, 0) is 12.1 Å². The van der Waals surface area contributed by atoms with Crippen molar-refractivity contribution in [2.45, 2.75) is 0 Å². The van der Waals surface area contributed by atoms with Crippen LogP contribution in [-0.2, 0) is 0 Å². The summed E-state index contributed by atoms with van der Waals surface area (Å²) in [5.41, 5.74) is 0.496. The molecule has 0 spiro atoms. The Kier molecular flexibility index (Phi) is 4.86. The van der Waals surface area contributed by atoms with E-state index in [1.165, 1.54) is 0 Å². The maximum atomic E-state index is 11.7. The Labute approximate surface area is 95.5 Å². The van der Waals surface area contributed by atoms with E-state index in [4.69, 9.17) is 0 Å². The number of hydrogen-bond donors (Lipinski definition) is 0. The Bertz CT molecular complexity index is 419. The van der Waals surface area contributed by atoms with Crippen molar-refractivity contribution in [1.29, 1.82) is 0 Å². The lowest BCUT2D eigenvalue weighted by atomic mass is 10.2. The minimum absolute atomic E-state index is 0.00588.